The summed E-state index contributed by atoms with van der Waals surface area (Å²) in [4.78, 5) is 25.1. The average Bonchev–Trinajstić information content (AvgIpc) is 2.49. The van der Waals surface area contributed by atoms with Crippen molar-refractivity contribution in [3.63, 3.8) is 0 Å². The SMILES string of the molecule is O=c1cc(Cl)n(C2CCCCC2)c(=O)n1C1CCCCC1. The molecule has 21 heavy (non-hydrogen) atoms. The van der Waals surface area contributed by atoms with Gasteiger partial charge in [-0.3, -0.25) is 13.9 Å². The lowest BCUT2D eigenvalue weighted by molar-refractivity contribution is 0.300. The molecule has 2 saturated carbocycles. The molecule has 0 aliphatic heterocycles. The van der Waals surface area contributed by atoms with Gasteiger partial charge in [0.2, 0.25) is 0 Å². The first-order chi connectivity index (χ1) is 10.2. The van der Waals surface area contributed by atoms with Crippen LogP contribution in [-0.2, 0) is 0 Å². The molecule has 0 bridgehead atoms. The van der Waals surface area contributed by atoms with Crippen molar-refractivity contribution in [2.24, 2.45) is 0 Å². The topological polar surface area (TPSA) is 44.0 Å². The third kappa shape index (κ3) is 2.96. The van der Waals surface area contributed by atoms with Crippen molar-refractivity contribution in [3.8, 4) is 0 Å². The average molecular weight is 311 g/mol. The number of rotatable bonds is 2. The van der Waals surface area contributed by atoms with Crippen LogP contribution in [-0.4, -0.2) is 9.13 Å². The molecule has 1 aromatic rings. The molecule has 2 fully saturated rings. The zero-order valence-corrected chi connectivity index (χ0v) is 13.1. The third-order valence-electron chi connectivity index (χ3n) is 5.00. The number of nitrogens with zero attached hydrogens (tertiary/aromatic N) is 2. The Morgan fingerprint density at radius 3 is 1.81 bits per heavy atom. The molecule has 5 heteroatoms. The lowest BCUT2D eigenvalue weighted by Crippen LogP contribution is -2.44. The molecule has 2 aliphatic rings. The molecule has 4 nitrogen and oxygen atoms in total. The molecule has 0 aromatic carbocycles. The largest absolute Gasteiger partial charge is 0.332 e. The molecule has 3 rings (SSSR count). The van der Waals surface area contributed by atoms with E-state index in [2.05, 4.69) is 0 Å². The van der Waals surface area contributed by atoms with Crippen LogP contribution in [0.4, 0.5) is 0 Å². The van der Waals surface area contributed by atoms with E-state index in [1.807, 2.05) is 0 Å². The summed E-state index contributed by atoms with van der Waals surface area (Å²) in [7, 11) is 0. The minimum Gasteiger partial charge on any atom is -0.281 e. The van der Waals surface area contributed by atoms with Crippen LogP contribution >= 0.6 is 11.6 Å². The zero-order valence-electron chi connectivity index (χ0n) is 12.4. The summed E-state index contributed by atoms with van der Waals surface area (Å²) in [6.07, 6.45) is 10.7. The smallest absolute Gasteiger partial charge is 0.281 e. The maximum Gasteiger partial charge on any atom is 0.332 e. The van der Waals surface area contributed by atoms with Gasteiger partial charge >= 0.3 is 5.69 Å². The third-order valence-corrected chi connectivity index (χ3v) is 5.29. The van der Waals surface area contributed by atoms with Crippen molar-refractivity contribution in [2.75, 3.05) is 0 Å². The van der Waals surface area contributed by atoms with Crippen LogP contribution in [0, 0.1) is 0 Å². The molecule has 0 saturated heterocycles. The molecule has 0 N–H and O–H groups in total. The Kier molecular flexibility index (Phi) is 4.53. The summed E-state index contributed by atoms with van der Waals surface area (Å²) in [5.41, 5.74) is -0.421. The van der Waals surface area contributed by atoms with E-state index in [-0.39, 0.29) is 23.3 Å². The van der Waals surface area contributed by atoms with Gasteiger partial charge in [-0.2, -0.15) is 0 Å². The standard InChI is InChI=1S/C16H23ClN2O2/c17-14-11-15(20)19(13-9-5-2-6-10-13)16(21)18(14)12-7-3-1-4-8-12/h11-13H,1-10H2. The number of aromatic nitrogens is 2. The number of hydrogen-bond donors (Lipinski definition) is 0. The summed E-state index contributed by atoms with van der Waals surface area (Å²) < 4.78 is 3.15. The van der Waals surface area contributed by atoms with Crippen molar-refractivity contribution in [3.05, 3.63) is 32.1 Å². The highest BCUT2D eigenvalue weighted by atomic mass is 35.5. The van der Waals surface area contributed by atoms with Gasteiger partial charge in [-0.15, -0.1) is 0 Å². The van der Waals surface area contributed by atoms with Gasteiger partial charge in [0.1, 0.15) is 5.15 Å². The molecule has 116 valence electrons. The van der Waals surface area contributed by atoms with E-state index >= 15 is 0 Å². The highest BCUT2D eigenvalue weighted by molar-refractivity contribution is 6.29. The van der Waals surface area contributed by atoms with Crippen LogP contribution in [0.25, 0.3) is 0 Å². The predicted molar refractivity (Wildman–Crippen MR) is 84.2 cm³/mol. The monoisotopic (exact) mass is 310 g/mol. The van der Waals surface area contributed by atoms with E-state index in [4.69, 9.17) is 11.6 Å². The van der Waals surface area contributed by atoms with Crippen LogP contribution in [0.5, 0.6) is 0 Å². The normalized spacial score (nSPS) is 21.6. The lowest BCUT2D eigenvalue weighted by atomic mass is 9.94. The van der Waals surface area contributed by atoms with E-state index < -0.39 is 0 Å². The van der Waals surface area contributed by atoms with E-state index in [0.717, 1.165) is 51.4 Å². The fourth-order valence-electron chi connectivity index (χ4n) is 3.89. The summed E-state index contributed by atoms with van der Waals surface area (Å²) >= 11 is 6.23. The Hall–Kier alpha value is -1.03. The Morgan fingerprint density at radius 1 is 0.810 bits per heavy atom. The quantitative estimate of drug-likeness (QED) is 0.782. The van der Waals surface area contributed by atoms with Crippen LogP contribution in [0.3, 0.4) is 0 Å². The molecule has 2 aliphatic carbocycles. The first kappa shape index (κ1) is 14.9. The van der Waals surface area contributed by atoms with Crippen molar-refractivity contribution >= 4 is 11.6 Å². The second-order valence-electron chi connectivity index (χ2n) is 6.41. The summed E-state index contributed by atoms with van der Waals surface area (Å²) in [6, 6.07) is 1.66. The van der Waals surface area contributed by atoms with Gasteiger partial charge in [-0.25, -0.2) is 4.79 Å². The molecular formula is C16H23ClN2O2. The van der Waals surface area contributed by atoms with Crippen LogP contribution < -0.4 is 11.2 Å². The Morgan fingerprint density at radius 2 is 1.29 bits per heavy atom. The molecule has 0 radical (unpaired) electrons. The highest BCUT2D eigenvalue weighted by Crippen LogP contribution is 2.30. The molecule has 0 amide bonds. The van der Waals surface area contributed by atoms with Gasteiger partial charge in [0, 0.05) is 18.2 Å². The van der Waals surface area contributed by atoms with Crippen molar-refractivity contribution in [2.45, 2.75) is 76.3 Å². The zero-order chi connectivity index (χ0) is 14.8. The van der Waals surface area contributed by atoms with Crippen LogP contribution in [0.1, 0.15) is 76.3 Å². The molecule has 1 aromatic heterocycles. The fourth-order valence-corrected chi connectivity index (χ4v) is 4.19. The summed E-state index contributed by atoms with van der Waals surface area (Å²) in [5, 5.41) is 0.309. The second kappa shape index (κ2) is 6.39. The molecule has 0 spiro atoms. The number of hydrogen-bond acceptors (Lipinski definition) is 2. The maximum absolute atomic E-state index is 12.9. The predicted octanol–water partition coefficient (Wildman–Crippen LogP) is 3.67. The Balaban J connectivity index is 2.04. The van der Waals surface area contributed by atoms with Gasteiger partial charge in [-0.05, 0) is 25.7 Å². The highest BCUT2D eigenvalue weighted by Gasteiger charge is 2.24. The first-order valence-electron chi connectivity index (χ1n) is 8.22. The van der Waals surface area contributed by atoms with Gasteiger partial charge < -0.3 is 0 Å². The van der Waals surface area contributed by atoms with Crippen LogP contribution in [0.2, 0.25) is 5.15 Å². The minimum atomic E-state index is -0.232. The van der Waals surface area contributed by atoms with Gasteiger partial charge in [0.05, 0.1) is 0 Å². The van der Waals surface area contributed by atoms with Gasteiger partial charge in [-0.1, -0.05) is 50.1 Å². The molecule has 0 atom stereocenters. The summed E-state index contributed by atoms with van der Waals surface area (Å²) in [5.74, 6) is 0. The Bertz CT molecular complexity index is 608. The van der Waals surface area contributed by atoms with Gasteiger partial charge in [0.15, 0.2) is 0 Å². The van der Waals surface area contributed by atoms with E-state index in [0.29, 0.717) is 5.15 Å². The van der Waals surface area contributed by atoms with E-state index in [1.165, 1.54) is 23.5 Å². The minimum absolute atomic E-state index is 0.0610. The lowest BCUT2D eigenvalue weighted by Gasteiger charge is -2.28. The fraction of sp³-hybridized carbons (Fsp3) is 0.750. The maximum atomic E-state index is 12.9. The Labute approximate surface area is 129 Å². The van der Waals surface area contributed by atoms with Crippen molar-refractivity contribution in [1.29, 1.82) is 0 Å². The first-order valence-corrected chi connectivity index (χ1v) is 8.60. The molecule has 0 unspecified atom stereocenters. The summed E-state index contributed by atoms with van der Waals surface area (Å²) in [6.45, 7) is 0. The molecular weight excluding hydrogens is 288 g/mol. The number of halogens is 1. The second-order valence-corrected chi connectivity index (χ2v) is 6.80. The van der Waals surface area contributed by atoms with Crippen LogP contribution in [0.15, 0.2) is 15.7 Å². The van der Waals surface area contributed by atoms with E-state index in [9.17, 15) is 9.59 Å². The molecule has 1 heterocycles. The van der Waals surface area contributed by atoms with Crippen molar-refractivity contribution in [1.82, 2.24) is 9.13 Å². The van der Waals surface area contributed by atoms with Crippen molar-refractivity contribution < 1.29 is 0 Å². The van der Waals surface area contributed by atoms with E-state index in [1.54, 1.807) is 4.57 Å². The van der Waals surface area contributed by atoms with Gasteiger partial charge in [0.25, 0.3) is 5.56 Å².